The van der Waals surface area contributed by atoms with Crippen molar-refractivity contribution in [2.24, 2.45) is 0 Å². The van der Waals surface area contributed by atoms with Crippen molar-refractivity contribution in [2.45, 2.75) is 52.5 Å². The van der Waals surface area contributed by atoms with Crippen LogP contribution in [0.15, 0.2) is 11.8 Å². The van der Waals surface area contributed by atoms with Crippen molar-refractivity contribution < 1.29 is 9.53 Å². The Morgan fingerprint density at radius 2 is 2.05 bits per heavy atom. The largest absolute Gasteiger partial charge is 0.387 e. The maximum absolute atomic E-state index is 11.7. The second-order valence-corrected chi connectivity index (χ2v) is 4.72. The zero-order valence-electron chi connectivity index (χ0n) is 12.9. The number of carbonyl (C=O) groups is 1. The predicted octanol–water partition coefficient (Wildman–Crippen LogP) is 2.10. The average Bonchev–Trinajstić information content (AvgIpc) is 2.46. The van der Waals surface area contributed by atoms with Crippen molar-refractivity contribution in [3.05, 3.63) is 11.8 Å². The van der Waals surface area contributed by atoms with Gasteiger partial charge in [0.05, 0.1) is 0 Å². The van der Waals surface area contributed by atoms with Crippen LogP contribution in [0.3, 0.4) is 0 Å². The second kappa shape index (κ2) is 12.5. The number of nitriles is 1. The number of hydrogen-bond donors (Lipinski definition) is 2. The Morgan fingerprint density at radius 3 is 2.65 bits per heavy atom. The Kier molecular flexibility index (Phi) is 11.5. The molecule has 0 saturated heterocycles. The summed E-state index contributed by atoms with van der Waals surface area (Å²) in [6.07, 6.45) is 5.37. The molecule has 0 heterocycles. The van der Waals surface area contributed by atoms with E-state index in [9.17, 15) is 4.79 Å². The Hall–Kier alpha value is -1.54. The molecule has 5 heteroatoms. The van der Waals surface area contributed by atoms with Crippen LogP contribution in [0, 0.1) is 11.3 Å². The quantitative estimate of drug-likeness (QED) is 0.345. The number of nitrogens with zero attached hydrogens (tertiary/aromatic N) is 1. The van der Waals surface area contributed by atoms with Crippen LogP contribution < -0.4 is 10.6 Å². The maximum Gasteiger partial charge on any atom is 0.263 e. The summed E-state index contributed by atoms with van der Waals surface area (Å²) in [5.74, 6) is -0.336. The van der Waals surface area contributed by atoms with E-state index in [2.05, 4.69) is 17.6 Å². The normalized spacial score (nSPS) is 12.6. The lowest BCUT2D eigenvalue weighted by Crippen LogP contribution is -2.28. The molecule has 1 atom stereocenters. The summed E-state index contributed by atoms with van der Waals surface area (Å²) in [5.41, 5.74) is 0.109. The summed E-state index contributed by atoms with van der Waals surface area (Å²) in [4.78, 5) is 11.7. The molecule has 0 aliphatic carbocycles. The molecule has 2 N–H and O–H groups in total. The Labute approximate surface area is 122 Å². The summed E-state index contributed by atoms with van der Waals surface area (Å²) in [5, 5.41) is 14.7. The second-order valence-electron chi connectivity index (χ2n) is 4.72. The molecule has 0 aliphatic heterocycles. The van der Waals surface area contributed by atoms with Crippen LogP contribution in [0.2, 0.25) is 0 Å². The average molecular weight is 281 g/mol. The van der Waals surface area contributed by atoms with Gasteiger partial charge in [0.25, 0.3) is 5.91 Å². The number of ether oxygens (including phenoxy) is 1. The molecule has 1 unspecified atom stereocenters. The lowest BCUT2D eigenvalue weighted by Gasteiger charge is -2.09. The minimum atomic E-state index is -0.336. The van der Waals surface area contributed by atoms with E-state index in [0.717, 1.165) is 32.3 Å². The van der Waals surface area contributed by atoms with Gasteiger partial charge in [-0.2, -0.15) is 5.26 Å². The molecule has 114 valence electrons. The molecule has 5 nitrogen and oxygen atoms in total. The molecule has 0 aliphatic rings. The van der Waals surface area contributed by atoms with Gasteiger partial charge in [-0.05, 0) is 26.2 Å². The third-order valence-electron chi connectivity index (χ3n) is 2.88. The Bertz CT molecular complexity index is 335. The van der Waals surface area contributed by atoms with Gasteiger partial charge in [-0.25, -0.2) is 0 Å². The summed E-state index contributed by atoms with van der Waals surface area (Å²) in [6.45, 7) is 8.08. The molecule has 0 rings (SSSR count). The number of rotatable bonds is 11. The van der Waals surface area contributed by atoms with Crippen molar-refractivity contribution in [3.63, 3.8) is 0 Å². The van der Waals surface area contributed by atoms with Crippen LogP contribution in [0.5, 0.6) is 0 Å². The van der Waals surface area contributed by atoms with Crippen LogP contribution in [-0.2, 0) is 9.53 Å². The third-order valence-corrected chi connectivity index (χ3v) is 2.88. The number of unbranched alkanes of at least 4 members (excludes halogenated alkanes) is 1. The van der Waals surface area contributed by atoms with Gasteiger partial charge < -0.3 is 15.4 Å². The molecule has 0 aromatic rings. The molecule has 0 bridgehead atoms. The van der Waals surface area contributed by atoms with E-state index in [1.165, 1.54) is 6.20 Å². The van der Waals surface area contributed by atoms with E-state index in [1.54, 1.807) is 0 Å². The Balaban J connectivity index is 3.85. The van der Waals surface area contributed by atoms with E-state index in [1.807, 2.05) is 19.9 Å². The highest BCUT2D eigenvalue weighted by molar-refractivity contribution is 5.97. The number of carbonyl (C=O) groups excluding carboxylic acids is 1. The number of amides is 1. The number of nitrogens with one attached hydrogen (secondary N) is 2. The predicted molar refractivity (Wildman–Crippen MR) is 79.9 cm³/mol. The summed E-state index contributed by atoms with van der Waals surface area (Å²) in [7, 11) is 0. The highest BCUT2D eigenvalue weighted by Crippen LogP contribution is 1.94. The zero-order chi connectivity index (χ0) is 15.2. The Morgan fingerprint density at radius 1 is 1.35 bits per heavy atom. The van der Waals surface area contributed by atoms with E-state index in [-0.39, 0.29) is 17.5 Å². The maximum atomic E-state index is 11.7. The van der Waals surface area contributed by atoms with Gasteiger partial charge in [0.15, 0.2) is 0 Å². The van der Waals surface area contributed by atoms with Crippen molar-refractivity contribution >= 4 is 5.91 Å². The molecule has 0 aromatic heterocycles. The highest BCUT2D eigenvalue weighted by atomic mass is 16.5. The van der Waals surface area contributed by atoms with Crippen LogP contribution in [0.4, 0.5) is 0 Å². The van der Waals surface area contributed by atoms with Gasteiger partial charge in [0.1, 0.15) is 11.6 Å². The third kappa shape index (κ3) is 9.40. The monoisotopic (exact) mass is 281 g/mol. The standard InChI is InChI=1S/C15H27N3O2/c1-4-6-9-20-10-7-8-17-15(19)14(11-16)12-18-13(3)5-2/h12-13,18H,4-10H2,1-3H3,(H,17,19)/b14-12-. The van der Waals surface area contributed by atoms with Gasteiger partial charge in [0, 0.05) is 32.0 Å². The summed E-state index contributed by atoms with van der Waals surface area (Å²) >= 11 is 0. The van der Waals surface area contributed by atoms with Gasteiger partial charge in [-0.3, -0.25) is 4.79 Å². The van der Waals surface area contributed by atoms with Crippen LogP contribution in [-0.4, -0.2) is 31.7 Å². The van der Waals surface area contributed by atoms with Gasteiger partial charge in [-0.15, -0.1) is 0 Å². The van der Waals surface area contributed by atoms with Crippen LogP contribution in [0.25, 0.3) is 0 Å². The van der Waals surface area contributed by atoms with E-state index in [4.69, 9.17) is 10.00 Å². The molecular weight excluding hydrogens is 254 g/mol. The molecule has 0 radical (unpaired) electrons. The van der Waals surface area contributed by atoms with Crippen molar-refractivity contribution in [3.8, 4) is 6.07 Å². The molecule has 0 aromatic carbocycles. The minimum absolute atomic E-state index is 0.109. The first-order chi connectivity index (χ1) is 9.65. The fourth-order valence-corrected chi connectivity index (χ4v) is 1.31. The fraction of sp³-hybridized carbons (Fsp3) is 0.733. The fourth-order valence-electron chi connectivity index (χ4n) is 1.31. The van der Waals surface area contributed by atoms with Crippen molar-refractivity contribution in [1.82, 2.24) is 10.6 Å². The first kappa shape index (κ1) is 18.5. The minimum Gasteiger partial charge on any atom is -0.387 e. The molecule has 0 fully saturated rings. The summed E-state index contributed by atoms with van der Waals surface area (Å²) in [6, 6.07) is 2.15. The molecule has 1 amide bonds. The highest BCUT2D eigenvalue weighted by Gasteiger charge is 2.08. The SMILES string of the molecule is CCCCOCCCNC(=O)/C(C#N)=C\NC(C)CC. The van der Waals surface area contributed by atoms with E-state index in [0.29, 0.717) is 13.2 Å². The van der Waals surface area contributed by atoms with Crippen molar-refractivity contribution in [1.29, 1.82) is 5.26 Å². The first-order valence-electron chi connectivity index (χ1n) is 7.37. The van der Waals surface area contributed by atoms with Crippen LogP contribution >= 0.6 is 0 Å². The molecular formula is C15H27N3O2. The molecule has 0 saturated carbocycles. The topological polar surface area (TPSA) is 74.1 Å². The van der Waals surface area contributed by atoms with Gasteiger partial charge in [-0.1, -0.05) is 20.3 Å². The lowest BCUT2D eigenvalue weighted by atomic mass is 10.2. The first-order valence-corrected chi connectivity index (χ1v) is 7.37. The lowest BCUT2D eigenvalue weighted by molar-refractivity contribution is -0.117. The molecule has 20 heavy (non-hydrogen) atoms. The smallest absolute Gasteiger partial charge is 0.263 e. The summed E-state index contributed by atoms with van der Waals surface area (Å²) < 4.78 is 5.39. The van der Waals surface area contributed by atoms with Gasteiger partial charge >= 0.3 is 0 Å². The number of hydrogen-bond acceptors (Lipinski definition) is 4. The van der Waals surface area contributed by atoms with Crippen LogP contribution in [0.1, 0.15) is 46.5 Å². The molecule has 0 spiro atoms. The van der Waals surface area contributed by atoms with Gasteiger partial charge in [0.2, 0.25) is 0 Å². The zero-order valence-corrected chi connectivity index (χ0v) is 12.9. The van der Waals surface area contributed by atoms with E-state index < -0.39 is 0 Å². The van der Waals surface area contributed by atoms with Crippen molar-refractivity contribution in [2.75, 3.05) is 19.8 Å². The van der Waals surface area contributed by atoms with E-state index >= 15 is 0 Å².